The number of hydrogen-bond acceptors (Lipinski definition) is 1. The second kappa shape index (κ2) is 6.64. The SMILES string of the molecule is CCCCN(C)C(=O)Nc1c(C)cc(C)cc1Cl. The van der Waals surface area contributed by atoms with Crippen molar-refractivity contribution in [3.05, 3.63) is 28.3 Å². The van der Waals surface area contributed by atoms with Gasteiger partial charge >= 0.3 is 6.03 Å². The van der Waals surface area contributed by atoms with Crippen LogP contribution in [0, 0.1) is 13.8 Å². The average molecular weight is 269 g/mol. The predicted octanol–water partition coefficient (Wildman–Crippen LogP) is 4.22. The molecule has 1 rings (SSSR count). The van der Waals surface area contributed by atoms with E-state index < -0.39 is 0 Å². The van der Waals surface area contributed by atoms with Gasteiger partial charge in [-0.05, 0) is 37.5 Å². The van der Waals surface area contributed by atoms with Crippen molar-refractivity contribution in [3.63, 3.8) is 0 Å². The van der Waals surface area contributed by atoms with Crippen LogP contribution < -0.4 is 5.32 Å². The molecule has 1 aromatic rings. The Balaban J connectivity index is 2.76. The highest BCUT2D eigenvalue weighted by atomic mass is 35.5. The Morgan fingerprint density at radius 2 is 2.06 bits per heavy atom. The summed E-state index contributed by atoms with van der Waals surface area (Å²) >= 11 is 6.15. The fraction of sp³-hybridized carbons (Fsp3) is 0.500. The van der Waals surface area contributed by atoms with Gasteiger partial charge in [-0.3, -0.25) is 0 Å². The average Bonchev–Trinajstić information content (AvgIpc) is 2.30. The number of nitrogens with zero attached hydrogens (tertiary/aromatic N) is 1. The van der Waals surface area contributed by atoms with Gasteiger partial charge in [-0.1, -0.05) is 31.0 Å². The van der Waals surface area contributed by atoms with E-state index in [2.05, 4.69) is 12.2 Å². The van der Waals surface area contributed by atoms with Crippen LogP contribution in [0.5, 0.6) is 0 Å². The van der Waals surface area contributed by atoms with Gasteiger partial charge in [0, 0.05) is 13.6 Å². The first-order valence-electron chi connectivity index (χ1n) is 6.24. The van der Waals surface area contributed by atoms with Crippen molar-refractivity contribution >= 4 is 23.3 Å². The summed E-state index contributed by atoms with van der Waals surface area (Å²) in [4.78, 5) is 13.6. The lowest BCUT2D eigenvalue weighted by atomic mass is 10.1. The van der Waals surface area contributed by atoms with Crippen molar-refractivity contribution in [2.75, 3.05) is 18.9 Å². The minimum absolute atomic E-state index is 0.114. The Morgan fingerprint density at radius 3 is 2.61 bits per heavy atom. The van der Waals surface area contributed by atoms with E-state index in [9.17, 15) is 4.79 Å². The van der Waals surface area contributed by atoms with Crippen LogP contribution in [0.2, 0.25) is 5.02 Å². The predicted molar refractivity (Wildman–Crippen MR) is 77.5 cm³/mol. The molecular weight excluding hydrogens is 248 g/mol. The molecule has 0 saturated carbocycles. The molecule has 1 aromatic carbocycles. The number of benzene rings is 1. The van der Waals surface area contributed by atoms with E-state index >= 15 is 0 Å². The first-order chi connectivity index (χ1) is 8.45. The van der Waals surface area contributed by atoms with E-state index in [4.69, 9.17) is 11.6 Å². The molecule has 0 saturated heterocycles. The molecule has 18 heavy (non-hydrogen) atoms. The van der Waals surface area contributed by atoms with Crippen LogP contribution in [0.15, 0.2) is 12.1 Å². The number of aryl methyl sites for hydroxylation is 2. The van der Waals surface area contributed by atoms with Crippen LogP contribution in [0.1, 0.15) is 30.9 Å². The Hall–Kier alpha value is -1.22. The van der Waals surface area contributed by atoms with Gasteiger partial charge in [-0.2, -0.15) is 0 Å². The maximum absolute atomic E-state index is 12.0. The zero-order valence-electron chi connectivity index (χ0n) is 11.5. The number of nitrogens with one attached hydrogen (secondary N) is 1. The lowest BCUT2D eigenvalue weighted by Gasteiger charge is -2.19. The molecule has 3 nitrogen and oxygen atoms in total. The van der Waals surface area contributed by atoms with Gasteiger partial charge in [0.1, 0.15) is 0 Å². The molecule has 0 aliphatic rings. The van der Waals surface area contributed by atoms with Crippen LogP contribution >= 0.6 is 11.6 Å². The maximum atomic E-state index is 12.0. The molecule has 0 spiro atoms. The Kier molecular flexibility index (Phi) is 5.48. The monoisotopic (exact) mass is 268 g/mol. The fourth-order valence-corrected chi connectivity index (χ4v) is 2.14. The van der Waals surface area contributed by atoms with Crippen molar-refractivity contribution in [2.24, 2.45) is 0 Å². The van der Waals surface area contributed by atoms with E-state index in [1.807, 2.05) is 26.0 Å². The van der Waals surface area contributed by atoms with Crippen LogP contribution in [-0.4, -0.2) is 24.5 Å². The summed E-state index contributed by atoms with van der Waals surface area (Å²) in [5, 5.41) is 3.46. The minimum Gasteiger partial charge on any atom is -0.328 e. The molecule has 4 heteroatoms. The number of amides is 2. The van der Waals surface area contributed by atoms with Gasteiger partial charge in [-0.15, -0.1) is 0 Å². The van der Waals surface area contributed by atoms with Crippen molar-refractivity contribution in [2.45, 2.75) is 33.6 Å². The highest BCUT2D eigenvalue weighted by Gasteiger charge is 2.12. The lowest BCUT2D eigenvalue weighted by molar-refractivity contribution is 0.222. The largest absolute Gasteiger partial charge is 0.328 e. The summed E-state index contributed by atoms with van der Waals surface area (Å²) in [5.74, 6) is 0. The third-order valence-corrected chi connectivity index (χ3v) is 3.16. The van der Waals surface area contributed by atoms with Crippen molar-refractivity contribution in [1.29, 1.82) is 0 Å². The molecule has 0 fully saturated rings. The minimum atomic E-state index is -0.114. The molecule has 0 aliphatic heterocycles. The number of carbonyl (C=O) groups is 1. The van der Waals surface area contributed by atoms with Crippen LogP contribution in [0.3, 0.4) is 0 Å². The standard InChI is InChI=1S/C14H21ClN2O/c1-5-6-7-17(4)14(18)16-13-11(3)8-10(2)9-12(13)15/h8-9H,5-7H2,1-4H3,(H,16,18). The Labute approximate surface area is 114 Å². The van der Waals surface area contributed by atoms with E-state index in [0.717, 1.165) is 30.5 Å². The smallest absolute Gasteiger partial charge is 0.321 e. The number of anilines is 1. The zero-order valence-corrected chi connectivity index (χ0v) is 12.3. The van der Waals surface area contributed by atoms with Gasteiger partial charge in [0.05, 0.1) is 10.7 Å². The van der Waals surface area contributed by atoms with Crippen LogP contribution in [-0.2, 0) is 0 Å². The number of unbranched alkanes of at least 4 members (excludes halogenated alkanes) is 1. The summed E-state index contributed by atoms with van der Waals surface area (Å²) in [6, 6.07) is 3.75. The highest BCUT2D eigenvalue weighted by Crippen LogP contribution is 2.27. The van der Waals surface area contributed by atoms with Crippen molar-refractivity contribution < 1.29 is 4.79 Å². The summed E-state index contributed by atoms with van der Waals surface area (Å²) in [6.07, 6.45) is 2.08. The van der Waals surface area contributed by atoms with Gasteiger partial charge in [0.2, 0.25) is 0 Å². The number of rotatable bonds is 4. The molecule has 0 bridgehead atoms. The Bertz CT molecular complexity index is 409. The van der Waals surface area contributed by atoms with E-state index in [1.165, 1.54) is 0 Å². The zero-order chi connectivity index (χ0) is 13.7. The normalized spacial score (nSPS) is 10.3. The van der Waals surface area contributed by atoms with Gasteiger partial charge in [0.15, 0.2) is 0 Å². The van der Waals surface area contributed by atoms with E-state index in [0.29, 0.717) is 10.7 Å². The fourth-order valence-electron chi connectivity index (χ4n) is 1.77. The quantitative estimate of drug-likeness (QED) is 0.871. The highest BCUT2D eigenvalue weighted by molar-refractivity contribution is 6.34. The second-order valence-corrected chi connectivity index (χ2v) is 5.05. The summed E-state index contributed by atoms with van der Waals surface area (Å²) in [7, 11) is 1.79. The van der Waals surface area contributed by atoms with Gasteiger partial charge < -0.3 is 10.2 Å². The first kappa shape index (κ1) is 14.8. The molecule has 0 heterocycles. The van der Waals surface area contributed by atoms with Gasteiger partial charge in [-0.25, -0.2) is 4.79 Å². The number of carbonyl (C=O) groups excluding carboxylic acids is 1. The summed E-state index contributed by atoms with van der Waals surface area (Å²) in [6.45, 7) is 6.79. The molecule has 0 radical (unpaired) electrons. The second-order valence-electron chi connectivity index (χ2n) is 4.64. The molecule has 0 atom stereocenters. The number of hydrogen-bond donors (Lipinski definition) is 1. The number of halogens is 1. The molecular formula is C14H21ClN2O. The third-order valence-electron chi connectivity index (χ3n) is 2.86. The molecule has 100 valence electrons. The topological polar surface area (TPSA) is 32.3 Å². The maximum Gasteiger partial charge on any atom is 0.321 e. The van der Waals surface area contributed by atoms with Gasteiger partial charge in [0.25, 0.3) is 0 Å². The summed E-state index contributed by atoms with van der Waals surface area (Å²) in [5.41, 5.74) is 2.78. The molecule has 1 N–H and O–H groups in total. The molecule has 2 amide bonds. The molecule has 0 unspecified atom stereocenters. The van der Waals surface area contributed by atoms with Crippen LogP contribution in [0.4, 0.5) is 10.5 Å². The number of urea groups is 1. The van der Waals surface area contributed by atoms with Crippen molar-refractivity contribution in [1.82, 2.24) is 4.90 Å². The molecule has 0 aromatic heterocycles. The van der Waals surface area contributed by atoms with E-state index in [1.54, 1.807) is 11.9 Å². The van der Waals surface area contributed by atoms with Crippen LogP contribution in [0.25, 0.3) is 0 Å². The third kappa shape index (κ3) is 3.91. The summed E-state index contributed by atoms with van der Waals surface area (Å²) < 4.78 is 0. The Morgan fingerprint density at radius 1 is 1.39 bits per heavy atom. The lowest BCUT2D eigenvalue weighted by Crippen LogP contribution is -2.32. The molecule has 0 aliphatic carbocycles. The first-order valence-corrected chi connectivity index (χ1v) is 6.62. The van der Waals surface area contributed by atoms with E-state index in [-0.39, 0.29) is 6.03 Å². The van der Waals surface area contributed by atoms with Crippen molar-refractivity contribution in [3.8, 4) is 0 Å².